The van der Waals surface area contributed by atoms with E-state index in [1.807, 2.05) is 19.9 Å². The van der Waals surface area contributed by atoms with Crippen LogP contribution in [-0.4, -0.2) is 4.98 Å². The van der Waals surface area contributed by atoms with Crippen LogP contribution in [0.1, 0.15) is 11.1 Å². The molecule has 0 saturated carbocycles. The number of rotatable bonds is 0. The van der Waals surface area contributed by atoms with Gasteiger partial charge in [0, 0.05) is 6.20 Å². The second-order valence-electron chi connectivity index (χ2n) is 2.19. The van der Waals surface area contributed by atoms with Gasteiger partial charge in [-0.25, -0.2) is 4.98 Å². The zero-order valence-corrected chi connectivity index (χ0v) is 6.90. The van der Waals surface area contributed by atoms with E-state index in [9.17, 15) is 0 Å². The summed E-state index contributed by atoms with van der Waals surface area (Å²) in [6.45, 7) is 4.04. The highest BCUT2D eigenvalue weighted by atomic mass is 35.5. The molecule has 1 aromatic heterocycles. The molecule has 0 amide bonds. The van der Waals surface area contributed by atoms with Crippen molar-refractivity contribution in [3.8, 4) is 0 Å². The molecule has 10 heavy (non-hydrogen) atoms. The fourth-order valence-electron chi connectivity index (χ4n) is 0.646. The number of anilines is 1. The fourth-order valence-corrected chi connectivity index (χ4v) is 0.646. The van der Waals surface area contributed by atoms with E-state index in [0.717, 1.165) is 0 Å². The van der Waals surface area contributed by atoms with Crippen LogP contribution in [0.3, 0.4) is 0 Å². The van der Waals surface area contributed by atoms with E-state index in [0.29, 0.717) is 5.82 Å². The van der Waals surface area contributed by atoms with E-state index >= 15 is 0 Å². The van der Waals surface area contributed by atoms with E-state index < -0.39 is 0 Å². The zero-order valence-electron chi connectivity index (χ0n) is 6.09. The summed E-state index contributed by atoms with van der Waals surface area (Å²) >= 11 is 0. The lowest BCUT2D eigenvalue weighted by Gasteiger charge is -1.97. The molecule has 0 aliphatic heterocycles. The first-order valence-corrected chi connectivity index (χ1v) is 2.89. The number of pyridine rings is 1. The maximum atomic E-state index is 5.42. The van der Waals surface area contributed by atoms with Crippen molar-refractivity contribution in [3.05, 3.63) is 23.4 Å². The number of aromatic nitrogens is 1. The first-order valence-electron chi connectivity index (χ1n) is 2.89. The van der Waals surface area contributed by atoms with E-state index in [1.165, 1.54) is 11.1 Å². The van der Waals surface area contributed by atoms with Crippen molar-refractivity contribution in [2.45, 2.75) is 13.8 Å². The second-order valence-corrected chi connectivity index (χ2v) is 2.19. The van der Waals surface area contributed by atoms with Gasteiger partial charge >= 0.3 is 0 Å². The quantitative estimate of drug-likeness (QED) is 0.624. The van der Waals surface area contributed by atoms with Gasteiger partial charge in [0.05, 0.1) is 0 Å². The highest BCUT2D eigenvalue weighted by molar-refractivity contribution is 5.85. The highest BCUT2D eigenvalue weighted by Gasteiger charge is 1.90. The van der Waals surface area contributed by atoms with Crippen LogP contribution in [-0.2, 0) is 0 Å². The minimum absolute atomic E-state index is 0. The molecule has 0 aliphatic rings. The van der Waals surface area contributed by atoms with Gasteiger partial charge in [-0.3, -0.25) is 0 Å². The molecule has 0 fully saturated rings. The predicted molar refractivity (Wildman–Crippen MR) is 45.4 cm³/mol. The molecule has 0 spiro atoms. The predicted octanol–water partition coefficient (Wildman–Crippen LogP) is 1.70. The lowest BCUT2D eigenvalue weighted by Crippen LogP contribution is -1.91. The Morgan fingerprint density at radius 2 is 1.90 bits per heavy atom. The summed E-state index contributed by atoms with van der Waals surface area (Å²) in [5.41, 5.74) is 7.80. The summed E-state index contributed by atoms with van der Waals surface area (Å²) in [6, 6.07) is 1.87. The molecule has 56 valence electrons. The third kappa shape index (κ3) is 1.88. The number of hydrogen-bond donors (Lipinski definition) is 1. The Balaban J connectivity index is 0.000000810. The van der Waals surface area contributed by atoms with Crippen molar-refractivity contribution in [3.63, 3.8) is 0 Å². The molecule has 3 heteroatoms. The van der Waals surface area contributed by atoms with Crippen LogP contribution >= 0.6 is 12.4 Å². The Bertz CT molecular complexity index is 223. The van der Waals surface area contributed by atoms with Crippen molar-refractivity contribution in [1.82, 2.24) is 4.98 Å². The molecule has 2 nitrogen and oxygen atoms in total. The number of halogens is 1. The standard InChI is InChI=1S/C7H10N2.ClH/c1-5-3-7(8)9-4-6(5)2;/h3-4H,1-2H3,(H2,8,9);1H. The van der Waals surface area contributed by atoms with Crippen molar-refractivity contribution in [2.75, 3.05) is 5.73 Å². The van der Waals surface area contributed by atoms with Gasteiger partial charge in [0.1, 0.15) is 5.82 Å². The van der Waals surface area contributed by atoms with Crippen LogP contribution < -0.4 is 5.73 Å². The van der Waals surface area contributed by atoms with Gasteiger partial charge in [0.15, 0.2) is 0 Å². The largest absolute Gasteiger partial charge is 0.384 e. The van der Waals surface area contributed by atoms with Gasteiger partial charge in [-0.1, -0.05) is 0 Å². The maximum absolute atomic E-state index is 5.42. The third-order valence-corrected chi connectivity index (χ3v) is 1.39. The Hall–Kier alpha value is -0.760. The van der Waals surface area contributed by atoms with Gasteiger partial charge in [-0.2, -0.15) is 0 Å². The van der Waals surface area contributed by atoms with Gasteiger partial charge in [-0.05, 0) is 31.0 Å². The smallest absolute Gasteiger partial charge is 0.123 e. The molecule has 0 aliphatic carbocycles. The molecule has 0 saturated heterocycles. The summed E-state index contributed by atoms with van der Waals surface area (Å²) in [4.78, 5) is 3.92. The van der Waals surface area contributed by atoms with Crippen molar-refractivity contribution < 1.29 is 0 Å². The topological polar surface area (TPSA) is 38.9 Å². The molecule has 0 unspecified atom stereocenters. The fraction of sp³-hybridized carbons (Fsp3) is 0.286. The van der Waals surface area contributed by atoms with E-state index in [4.69, 9.17) is 5.73 Å². The number of hydrogen-bond acceptors (Lipinski definition) is 2. The Kier molecular flexibility index (Phi) is 3.16. The Labute approximate surface area is 66.9 Å². The maximum Gasteiger partial charge on any atom is 0.123 e. The highest BCUT2D eigenvalue weighted by Crippen LogP contribution is 2.06. The molecule has 1 heterocycles. The average Bonchev–Trinajstić information content (AvgIpc) is 1.80. The molecule has 1 rings (SSSR count). The first kappa shape index (κ1) is 9.24. The lowest BCUT2D eigenvalue weighted by atomic mass is 10.2. The summed E-state index contributed by atoms with van der Waals surface area (Å²) in [5, 5.41) is 0. The normalized spacial score (nSPS) is 8.60. The Morgan fingerprint density at radius 1 is 1.30 bits per heavy atom. The van der Waals surface area contributed by atoms with Crippen LogP contribution in [0.5, 0.6) is 0 Å². The number of nitrogen functional groups attached to an aromatic ring is 1. The summed E-state index contributed by atoms with van der Waals surface area (Å²) < 4.78 is 0. The van der Waals surface area contributed by atoms with Crippen LogP contribution in [0.2, 0.25) is 0 Å². The molecule has 0 atom stereocenters. The summed E-state index contributed by atoms with van der Waals surface area (Å²) in [6.07, 6.45) is 1.78. The van der Waals surface area contributed by atoms with Gasteiger partial charge in [-0.15, -0.1) is 12.4 Å². The summed E-state index contributed by atoms with van der Waals surface area (Å²) in [7, 11) is 0. The molecule has 0 radical (unpaired) electrons. The van der Waals surface area contributed by atoms with Crippen molar-refractivity contribution in [2.24, 2.45) is 0 Å². The van der Waals surface area contributed by atoms with Crippen LogP contribution in [0, 0.1) is 13.8 Å². The van der Waals surface area contributed by atoms with Crippen LogP contribution in [0.4, 0.5) is 5.82 Å². The lowest BCUT2D eigenvalue weighted by molar-refractivity contribution is 1.22. The van der Waals surface area contributed by atoms with E-state index in [1.54, 1.807) is 6.20 Å². The first-order chi connectivity index (χ1) is 4.20. The van der Waals surface area contributed by atoms with Gasteiger partial charge in [0.2, 0.25) is 0 Å². The molecular weight excluding hydrogens is 148 g/mol. The molecule has 0 aromatic carbocycles. The van der Waals surface area contributed by atoms with Crippen LogP contribution in [0.25, 0.3) is 0 Å². The monoisotopic (exact) mass is 158 g/mol. The Morgan fingerprint density at radius 3 is 2.30 bits per heavy atom. The number of aryl methyl sites for hydroxylation is 2. The molecular formula is C7H11ClN2. The van der Waals surface area contributed by atoms with E-state index in [2.05, 4.69) is 4.98 Å². The van der Waals surface area contributed by atoms with Crippen molar-refractivity contribution >= 4 is 18.2 Å². The third-order valence-electron chi connectivity index (χ3n) is 1.39. The van der Waals surface area contributed by atoms with Gasteiger partial charge < -0.3 is 5.73 Å². The molecule has 0 bridgehead atoms. The van der Waals surface area contributed by atoms with Crippen LogP contribution in [0.15, 0.2) is 12.3 Å². The van der Waals surface area contributed by atoms with Crippen molar-refractivity contribution in [1.29, 1.82) is 0 Å². The minimum Gasteiger partial charge on any atom is -0.384 e. The van der Waals surface area contributed by atoms with E-state index in [-0.39, 0.29) is 12.4 Å². The van der Waals surface area contributed by atoms with Gasteiger partial charge in [0.25, 0.3) is 0 Å². The summed E-state index contributed by atoms with van der Waals surface area (Å²) in [5.74, 6) is 0.595. The minimum atomic E-state index is 0. The number of nitrogens with two attached hydrogens (primary N) is 1. The molecule has 2 N–H and O–H groups in total. The average molecular weight is 159 g/mol. The molecule has 1 aromatic rings. The second kappa shape index (κ2) is 3.42. The number of nitrogens with zero attached hydrogens (tertiary/aromatic N) is 1. The SMILES string of the molecule is Cc1cnc(N)cc1C.Cl. The zero-order chi connectivity index (χ0) is 6.85.